The fraction of sp³-hybridized carbons (Fsp3) is 0.200. The lowest BCUT2D eigenvalue weighted by atomic mass is 10.1. The smallest absolute Gasteiger partial charge is 0.127 e. The van der Waals surface area contributed by atoms with Crippen LogP contribution in [0.1, 0.15) is 0 Å². The highest BCUT2D eigenvalue weighted by Crippen LogP contribution is 2.33. The number of ether oxygens (including phenoxy) is 1. The van der Waals surface area contributed by atoms with Gasteiger partial charge in [0.25, 0.3) is 0 Å². The van der Waals surface area contributed by atoms with Crippen LogP contribution in [0.5, 0.6) is 5.75 Å². The van der Waals surface area contributed by atoms with Crippen molar-refractivity contribution < 1.29 is 4.74 Å². The van der Waals surface area contributed by atoms with E-state index >= 15 is 0 Å². The van der Waals surface area contributed by atoms with E-state index in [-0.39, 0.29) is 0 Å². The summed E-state index contributed by atoms with van der Waals surface area (Å²) in [7, 11) is 0. The molecule has 0 bridgehead atoms. The van der Waals surface area contributed by atoms with Crippen LogP contribution in [-0.2, 0) is 0 Å². The summed E-state index contributed by atoms with van der Waals surface area (Å²) >= 11 is 1.96. The molecule has 86 valence electrons. The van der Waals surface area contributed by atoms with Gasteiger partial charge in [0.2, 0.25) is 0 Å². The number of rotatable bonds is 4. The predicted molar refractivity (Wildman–Crippen MR) is 73.6 cm³/mol. The van der Waals surface area contributed by atoms with Gasteiger partial charge >= 0.3 is 0 Å². The molecule has 0 aliphatic carbocycles. The molecule has 0 saturated carbocycles. The molecule has 0 spiro atoms. The van der Waals surface area contributed by atoms with Crippen molar-refractivity contribution >= 4 is 11.8 Å². The molecule has 1 heterocycles. The van der Waals surface area contributed by atoms with Gasteiger partial charge in [0.1, 0.15) is 12.4 Å². The molecule has 1 saturated heterocycles. The number of para-hydroxylation sites is 1. The molecule has 17 heavy (non-hydrogen) atoms. The average Bonchev–Trinajstić information content (AvgIpc) is 3.22. The SMILES string of the molecule is c1ccc(-c2ccccc2OCC2CS2)cc1. The van der Waals surface area contributed by atoms with Gasteiger partial charge in [-0.1, -0.05) is 48.5 Å². The van der Waals surface area contributed by atoms with Crippen LogP contribution in [-0.4, -0.2) is 17.6 Å². The number of thioether (sulfide) groups is 1. The Kier molecular flexibility index (Phi) is 3.06. The molecular formula is C15H14OS. The molecule has 0 aromatic heterocycles. The van der Waals surface area contributed by atoms with Crippen LogP contribution in [0.2, 0.25) is 0 Å². The van der Waals surface area contributed by atoms with Gasteiger partial charge in [-0.3, -0.25) is 0 Å². The number of hydrogen-bond acceptors (Lipinski definition) is 2. The molecule has 2 aromatic rings. The van der Waals surface area contributed by atoms with Crippen molar-refractivity contribution in [2.45, 2.75) is 5.25 Å². The van der Waals surface area contributed by atoms with Crippen LogP contribution in [0.4, 0.5) is 0 Å². The van der Waals surface area contributed by atoms with Crippen LogP contribution < -0.4 is 4.74 Å². The van der Waals surface area contributed by atoms with Crippen LogP contribution >= 0.6 is 11.8 Å². The Morgan fingerprint density at radius 2 is 1.71 bits per heavy atom. The second kappa shape index (κ2) is 4.84. The highest BCUT2D eigenvalue weighted by molar-refractivity contribution is 8.06. The maximum atomic E-state index is 5.89. The van der Waals surface area contributed by atoms with Crippen LogP contribution in [0, 0.1) is 0 Å². The van der Waals surface area contributed by atoms with Gasteiger partial charge in [-0.05, 0) is 11.6 Å². The summed E-state index contributed by atoms with van der Waals surface area (Å²) in [6, 6.07) is 18.6. The fourth-order valence-electron chi connectivity index (χ4n) is 1.80. The quantitative estimate of drug-likeness (QED) is 0.753. The lowest BCUT2D eigenvalue weighted by Crippen LogP contribution is -2.03. The zero-order chi connectivity index (χ0) is 11.5. The van der Waals surface area contributed by atoms with E-state index in [1.54, 1.807) is 0 Å². The zero-order valence-corrected chi connectivity index (χ0v) is 10.3. The summed E-state index contributed by atoms with van der Waals surface area (Å²) in [6.45, 7) is 0.828. The first-order valence-electron chi connectivity index (χ1n) is 5.82. The van der Waals surface area contributed by atoms with E-state index in [9.17, 15) is 0 Å². The Labute approximate surface area is 106 Å². The molecule has 1 atom stereocenters. The Hall–Kier alpha value is -1.41. The Balaban J connectivity index is 1.87. The minimum absolute atomic E-state index is 0.707. The van der Waals surface area contributed by atoms with Crippen molar-refractivity contribution in [2.75, 3.05) is 12.4 Å². The maximum Gasteiger partial charge on any atom is 0.127 e. The minimum atomic E-state index is 0.707. The lowest BCUT2D eigenvalue weighted by Gasteiger charge is -2.10. The Morgan fingerprint density at radius 3 is 2.47 bits per heavy atom. The van der Waals surface area contributed by atoms with Crippen LogP contribution in [0.25, 0.3) is 11.1 Å². The minimum Gasteiger partial charge on any atom is -0.492 e. The van der Waals surface area contributed by atoms with Crippen molar-refractivity contribution in [3.05, 3.63) is 54.6 Å². The Bertz CT molecular complexity index is 491. The average molecular weight is 242 g/mol. The molecule has 1 unspecified atom stereocenters. The molecule has 3 rings (SSSR count). The highest BCUT2D eigenvalue weighted by atomic mass is 32.2. The monoisotopic (exact) mass is 242 g/mol. The molecule has 1 aliphatic rings. The Morgan fingerprint density at radius 1 is 1.00 bits per heavy atom. The zero-order valence-electron chi connectivity index (χ0n) is 9.50. The van der Waals surface area contributed by atoms with Crippen molar-refractivity contribution in [3.63, 3.8) is 0 Å². The third-order valence-electron chi connectivity index (χ3n) is 2.80. The lowest BCUT2D eigenvalue weighted by molar-refractivity contribution is 0.331. The van der Waals surface area contributed by atoms with Crippen LogP contribution in [0.3, 0.4) is 0 Å². The van der Waals surface area contributed by atoms with E-state index in [1.165, 1.54) is 16.9 Å². The first-order chi connectivity index (χ1) is 8.43. The molecule has 0 amide bonds. The molecule has 2 aromatic carbocycles. The maximum absolute atomic E-state index is 5.89. The number of hydrogen-bond donors (Lipinski definition) is 0. The summed E-state index contributed by atoms with van der Waals surface area (Å²) in [6.07, 6.45) is 0. The summed E-state index contributed by atoms with van der Waals surface area (Å²) in [5.41, 5.74) is 2.39. The second-order valence-electron chi connectivity index (χ2n) is 4.13. The van der Waals surface area contributed by atoms with Gasteiger partial charge < -0.3 is 4.74 Å². The highest BCUT2D eigenvalue weighted by Gasteiger charge is 2.23. The van der Waals surface area contributed by atoms with E-state index in [0.29, 0.717) is 5.25 Å². The van der Waals surface area contributed by atoms with E-state index < -0.39 is 0 Å². The van der Waals surface area contributed by atoms with Gasteiger partial charge in [-0.2, -0.15) is 11.8 Å². The summed E-state index contributed by atoms with van der Waals surface area (Å²) in [5.74, 6) is 2.24. The van der Waals surface area contributed by atoms with Crippen molar-refractivity contribution in [1.29, 1.82) is 0 Å². The van der Waals surface area contributed by atoms with Crippen LogP contribution in [0.15, 0.2) is 54.6 Å². The second-order valence-corrected chi connectivity index (χ2v) is 5.46. The van der Waals surface area contributed by atoms with Crippen molar-refractivity contribution in [3.8, 4) is 16.9 Å². The topological polar surface area (TPSA) is 9.23 Å². The standard InChI is InChI=1S/C15H14OS/c1-2-6-12(7-3-1)14-8-4-5-9-15(14)16-10-13-11-17-13/h1-9,13H,10-11H2. The van der Waals surface area contributed by atoms with E-state index in [2.05, 4.69) is 42.5 Å². The predicted octanol–water partition coefficient (Wildman–Crippen LogP) is 3.85. The molecule has 1 nitrogen and oxygen atoms in total. The van der Waals surface area contributed by atoms with Gasteiger partial charge in [0, 0.05) is 16.6 Å². The first kappa shape index (κ1) is 10.7. The number of benzene rings is 2. The van der Waals surface area contributed by atoms with E-state index in [0.717, 1.165) is 12.4 Å². The molecule has 0 radical (unpaired) electrons. The van der Waals surface area contributed by atoms with Gasteiger partial charge in [-0.15, -0.1) is 0 Å². The molecule has 1 fully saturated rings. The van der Waals surface area contributed by atoms with E-state index in [4.69, 9.17) is 4.74 Å². The van der Waals surface area contributed by atoms with Crippen molar-refractivity contribution in [1.82, 2.24) is 0 Å². The van der Waals surface area contributed by atoms with Crippen molar-refractivity contribution in [2.24, 2.45) is 0 Å². The molecular weight excluding hydrogens is 228 g/mol. The third-order valence-corrected chi connectivity index (χ3v) is 3.74. The van der Waals surface area contributed by atoms with Gasteiger partial charge in [0.05, 0.1) is 0 Å². The fourth-order valence-corrected chi connectivity index (χ4v) is 2.19. The molecule has 0 N–H and O–H groups in total. The van der Waals surface area contributed by atoms with Gasteiger partial charge in [0.15, 0.2) is 0 Å². The third kappa shape index (κ3) is 2.64. The van der Waals surface area contributed by atoms with Gasteiger partial charge in [-0.25, -0.2) is 0 Å². The largest absolute Gasteiger partial charge is 0.492 e. The van der Waals surface area contributed by atoms with E-state index in [1.807, 2.05) is 23.9 Å². The summed E-state index contributed by atoms with van der Waals surface area (Å²) in [5, 5.41) is 0.707. The normalized spacial score (nSPS) is 17.8. The molecule has 2 heteroatoms. The first-order valence-corrected chi connectivity index (χ1v) is 6.87. The summed E-state index contributed by atoms with van der Waals surface area (Å²) < 4.78 is 5.89. The summed E-state index contributed by atoms with van der Waals surface area (Å²) in [4.78, 5) is 0. The molecule has 1 aliphatic heterocycles.